The van der Waals surface area contributed by atoms with Crippen LogP contribution in [0.5, 0.6) is 0 Å². The van der Waals surface area contributed by atoms with Gasteiger partial charge in [-0.2, -0.15) is 0 Å². The van der Waals surface area contributed by atoms with Gasteiger partial charge in [0.05, 0.1) is 0 Å². The molecule has 0 aromatic carbocycles. The van der Waals surface area contributed by atoms with Gasteiger partial charge in [0.25, 0.3) is 0 Å². The molecule has 0 spiro atoms. The number of rotatable bonds is 1. The Morgan fingerprint density at radius 1 is 1.50 bits per heavy atom. The van der Waals surface area contributed by atoms with E-state index in [1.54, 1.807) is 0 Å². The van der Waals surface area contributed by atoms with Crippen molar-refractivity contribution in [2.45, 2.75) is 58.2 Å². The number of fused-ring (bicyclic) bond motifs is 1. The van der Waals surface area contributed by atoms with E-state index in [-0.39, 0.29) is 24.3 Å². The number of hydrogen-bond acceptors (Lipinski definition) is 4. The van der Waals surface area contributed by atoms with Crippen LogP contribution in [0.2, 0.25) is 0 Å². The first kappa shape index (κ1) is 11.6. The van der Waals surface area contributed by atoms with E-state index in [4.69, 9.17) is 14.2 Å². The molecular formula is C12H18O4. The Bertz CT molecular complexity index is 332. The van der Waals surface area contributed by atoms with Crippen molar-refractivity contribution in [3.05, 3.63) is 11.6 Å². The number of carbonyl (C=O) groups is 1. The molecule has 4 heteroatoms. The van der Waals surface area contributed by atoms with Gasteiger partial charge in [-0.05, 0) is 20.8 Å². The van der Waals surface area contributed by atoms with Gasteiger partial charge in [0, 0.05) is 13.3 Å². The number of ether oxygens (including phenoxy) is 3. The lowest BCUT2D eigenvalue weighted by molar-refractivity contribution is -0.168. The van der Waals surface area contributed by atoms with Crippen LogP contribution in [-0.4, -0.2) is 30.1 Å². The van der Waals surface area contributed by atoms with E-state index < -0.39 is 5.79 Å². The van der Waals surface area contributed by atoms with E-state index in [1.165, 1.54) is 12.5 Å². The Kier molecular flexibility index (Phi) is 2.80. The molecule has 3 atom stereocenters. The lowest BCUT2D eigenvalue weighted by atomic mass is 9.93. The van der Waals surface area contributed by atoms with Gasteiger partial charge < -0.3 is 14.2 Å². The Labute approximate surface area is 95.6 Å². The minimum Gasteiger partial charge on any atom is -0.459 e. The first-order chi connectivity index (χ1) is 7.37. The van der Waals surface area contributed by atoms with Gasteiger partial charge in [-0.3, -0.25) is 4.79 Å². The molecule has 1 fully saturated rings. The topological polar surface area (TPSA) is 44.8 Å². The molecule has 1 saturated heterocycles. The van der Waals surface area contributed by atoms with Crippen LogP contribution < -0.4 is 0 Å². The van der Waals surface area contributed by atoms with Gasteiger partial charge in [-0.25, -0.2) is 0 Å². The van der Waals surface area contributed by atoms with Crippen LogP contribution in [0.3, 0.4) is 0 Å². The Hall–Kier alpha value is -0.870. The second-order valence-corrected chi connectivity index (χ2v) is 4.93. The smallest absolute Gasteiger partial charge is 0.303 e. The molecule has 4 nitrogen and oxygen atoms in total. The molecule has 1 aliphatic heterocycles. The Morgan fingerprint density at radius 2 is 2.19 bits per heavy atom. The molecule has 0 saturated carbocycles. The van der Waals surface area contributed by atoms with Gasteiger partial charge >= 0.3 is 5.97 Å². The highest BCUT2D eigenvalue weighted by atomic mass is 16.8. The van der Waals surface area contributed by atoms with Crippen molar-refractivity contribution in [3.8, 4) is 0 Å². The van der Waals surface area contributed by atoms with Crippen molar-refractivity contribution in [2.24, 2.45) is 0 Å². The van der Waals surface area contributed by atoms with Crippen LogP contribution in [0.15, 0.2) is 11.6 Å². The van der Waals surface area contributed by atoms with Crippen molar-refractivity contribution >= 4 is 5.97 Å². The van der Waals surface area contributed by atoms with Gasteiger partial charge in [-0.15, -0.1) is 0 Å². The predicted octanol–water partition coefficient (Wildman–Crippen LogP) is 1.79. The van der Waals surface area contributed by atoms with E-state index in [1.807, 2.05) is 20.8 Å². The van der Waals surface area contributed by atoms with E-state index in [9.17, 15) is 4.79 Å². The maximum Gasteiger partial charge on any atom is 0.303 e. The average molecular weight is 226 g/mol. The van der Waals surface area contributed by atoms with Crippen molar-refractivity contribution in [3.63, 3.8) is 0 Å². The Morgan fingerprint density at radius 3 is 2.81 bits per heavy atom. The van der Waals surface area contributed by atoms with E-state index in [0.717, 1.165) is 6.42 Å². The van der Waals surface area contributed by atoms with Crippen LogP contribution in [0.25, 0.3) is 0 Å². The fourth-order valence-electron chi connectivity index (χ4n) is 2.34. The molecule has 1 heterocycles. The molecule has 0 bridgehead atoms. The third-order valence-electron chi connectivity index (χ3n) is 2.82. The third kappa shape index (κ3) is 2.28. The highest BCUT2D eigenvalue weighted by molar-refractivity contribution is 5.66. The molecule has 0 radical (unpaired) electrons. The first-order valence-corrected chi connectivity index (χ1v) is 5.57. The maximum absolute atomic E-state index is 11.0. The molecule has 0 aromatic heterocycles. The fraction of sp³-hybridized carbons (Fsp3) is 0.750. The van der Waals surface area contributed by atoms with Crippen LogP contribution in [-0.2, 0) is 19.0 Å². The van der Waals surface area contributed by atoms with Crippen LogP contribution in [0, 0.1) is 0 Å². The van der Waals surface area contributed by atoms with Crippen molar-refractivity contribution < 1.29 is 19.0 Å². The summed E-state index contributed by atoms with van der Waals surface area (Å²) in [5.41, 5.74) is 1.17. The maximum atomic E-state index is 11.0. The summed E-state index contributed by atoms with van der Waals surface area (Å²) >= 11 is 0. The molecule has 0 unspecified atom stereocenters. The van der Waals surface area contributed by atoms with Crippen LogP contribution in [0.1, 0.15) is 34.1 Å². The zero-order valence-corrected chi connectivity index (χ0v) is 10.1. The SMILES string of the molecule is CC(=O)O[C@@H]1CC(C)=C[C@H]2OC(C)(C)O[C@H]21. The minimum atomic E-state index is -0.602. The molecule has 2 rings (SSSR count). The highest BCUT2D eigenvalue weighted by Crippen LogP contribution is 2.37. The van der Waals surface area contributed by atoms with Crippen molar-refractivity contribution in [1.29, 1.82) is 0 Å². The summed E-state index contributed by atoms with van der Waals surface area (Å²) in [5, 5.41) is 0. The summed E-state index contributed by atoms with van der Waals surface area (Å²) in [7, 11) is 0. The second-order valence-electron chi connectivity index (χ2n) is 4.93. The molecule has 90 valence electrons. The minimum absolute atomic E-state index is 0.104. The van der Waals surface area contributed by atoms with E-state index in [0.29, 0.717) is 0 Å². The second kappa shape index (κ2) is 3.86. The van der Waals surface area contributed by atoms with Crippen LogP contribution in [0.4, 0.5) is 0 Å². The molecule has 0 amide bonds. The quantitative estimate of drug-likeness (QED) is 0.505. The molecule has 2 aliphatic rings. The lowest BCUT2D eigenvalue weighted by Gasteiger charge is -2.29. The standard InChI is InChI=1S/C12H18O4/c1-7-5-9(14-8(2)13)11-10(6-7)15-12(3,4)16-11/h6,9-11H,5H2,1-4H3/t9-,10-,11+/m1/s1. The predicted molar refractivity (Wildman–Crippen MR) is 57.8 cm³/mol. The number of carbonyl (C=O) groups excluding carboxylic acids is 1. The van der Waals surface area contributed by atoms with Crippen LogP contribution >= 0.6 is 0 Å². The highest BCUT2D eigenvalue weighted by Gasteiger charge is 2.47. The summed E-state index contributed by atoms with van der Waals surface area (Å²) in [5.74, 6) is -0.874. The summed E-state index contributed by atoms with van der Waals surface area (Å²) < 4.78 is 16.8. The molecule has 1 aliphatic carbocycles. The van der Waals surface area contributed by atoms with Crippen molar-refractivity contribution in [1.82, 2.24) is 0 Å². The van der Waals surface area contributed by atoms with E-state index in [2.05, 4.69) is 6.08 Å². The zero-order chi connectivity index (χ0) is 11.9. The Balaban J connectivity index is 2.17. The summed E-state index contributed by atoms with van der Waals surface area (Å²) in [4.78, 5) is 11.0. The summed E-state index contributed by atoms with van der Waals surface area (Å²) in [6.45, 7) is 7.18. The van der Waals surface area contributed by atoms with Gasteiger partial charge in [0.2, 0.25) is 0 Å². The fourth-order valence-corrected chi connectivity index (χ4v) is 2.34. The lowest BCUT2D eigenvalue weighted by Crippen LogP contribution is -2.40. The summed E-state index contributed by atoms with van der Waals surface area (Å²) in [6, 6.07) is 0. The average Bonchev–Trinajstić information content (AvgIpc) is 2.38. The normalized spacial score (nSPS) is 36.5. The number of hydrogen-bond donors (Lipinski definition) is 0. The zero-order valence-electron chi connectivity index (χ0n) is 10.1. The van der Waals surface area contributed by atoms with E-state index >= 15 is 0 Å². The molecule has 0 N–H and O–H groups in total. The van der Waals surface area contributed by atoms with Gasteiger partial charge in [0.15, 0.2) is 5.79 Å². The van der Waals surface area contributed by atoms with Gasteiger partial charge in [-0.1, -0.05) is 11.6 Å². The summed E-state index contributed by atoms with van der Waals surface area (Å²) in [6.07, 6.45) is 2.27. The van der Waals surface area contributed by atoms with Gasteiger partial charge in [0.1, 0.15) is 18.3 Å². The number of esters is 1. The molecule has 16 heavy (non-hydrogen) atoms. The van der Waals surface area contributed by atoms with Crippen molar-refractivity contribution in [2.75, 3.05) is 0 Å². The molecule has 0 aromatic rings. The molecular weight excluding hydrogens is 208 g/mol. The first-order valence-electron chi connectivity index (χ1n) is 5.57. The largest absolute Gasteiger partial charge is 0.459 e. The third-order valence-corrected chi connectivity index (χ3v) is 2.82. The monoisotopic (exact) mass is 226 g/mol.